The minimum atomic E-state index is -4.38. The topological polar surface area (TPSA) is 46.3 Å². The maximum atomic E-state index is 12.3. The van der Waals surface area contributed by atoms with Crippen molar-refractivity contribution < 1.29 is 18.0 Å². The zero-order valence-corrected chi connectivity index (χ0v) is 10.0. The highest BCUT2D eigenvalue weighted by molar-refractivity contribution is 5.79. The first-order chi connectivity index (χ1) is 7.06. The molecular weight excluding hydrogens is 221 g/mol. The van der Waals surface area contributed by atoms with Gasteiger partial charge in [-0.05, 0) is 20.8 Å². The first kappa shape index (κ1) is 15.2. The van der Waals surface area contributed by atoms with Crippen LogP contribution in [0, 0.1) is 5.92 Å². The fourth-order valence-corrected chi connectivity index (χ4v) is 1.19. The normalized spacial score (nSPS) is 16.1. The van der Waals surface area contributed by atoms with E-state index in [0.29, 0.717) is 0 Å². The Morgan fingerprint density at radius 1 is 1.25 bits per heavy atom. The standard InChI is InChI=1S/C10H19F3N2O/c1-6(2)15(5-10(11,12)13)9(16)7(3)8(4)14/h6-8H,5,14H2,1-4H3. The lowest BCUT2D eigenvalue weighted by molar-refractivity contribution is -0.167. The average molecular weight is 240 g/mol. The largest absolute Gasteiger partial charge is 0.406 e. The van der Waals surface area contributed by atoms with Gasteiger partial charge in [-0.2, -0.15) is 13.2 Å². The van der Waals surface area contributed by atoms with Crippen LogP contribution in [0.25, 0.3) is 0 Å². The molecule has 0 aliphatic rings. The van der Waals surface area contributed by atoms with Gasteiger partial charge >= 0.3 is 6.18 Å². The number of carbonyl (C=O) groups is 1. The van der Waals surface area contributed by atoms with Crippen molar-refractivity contribution in [3.8, 4) is 0 Å². The van der Waals surface area contributed by atoms with Gasteiger partial charge in [-0.3, -0.25) is 4.79 Å². The number of rotatable bonds is 4. The Morgan fingerprint density at radius 2 is 1.69 bits per heavy atom. The molecule has 2 unspecified atom stereocenters. The van der Waals surface area contributed by atoms with Gasteiger partial charge in [0.25, 0.3) is 0 Å². The van der Waals surface area contributed by atoms with Crippen LogP contribution in [0.15, 0.2) is 0 Å². The molecule has 0 aliphatic carbocycles. The van der Waals surface area contributed by atoms with Crippen LogP contribution in [0.2, 0.25) is 0 Å². The molecule has 3 nitrogen and oxygen atoms in total. The Hall–Kier alpha value is -0.780. The van der Waals surface area contributed by atoms with Crippen molar-refractivity contribution >= 4 is 5.91 Å². The summed E-state index contributed by atoms with van der Waals surface area (Å²) in [7, 11) is 0. The summed E-state index contributed by atoms with van der Waals surface area (Å²) in [6, 6.07) is -0.947. The summed E-state index contributed by atoms with van der Waals surface area (Å²) in [5, 5.41) is 0. The fraction of sp³-hybridized carbons (Fsp3) is 0.900. The summed E-state index contributed by atoms with van der Waals surface area (Å²) >= 11 is 0. The molecule has 0 radical (unpaired) electrons. The lowest BCUT2D eigenvalue weighted by atomic mass is 10.0. The van der Waals surface area contributed by atoms with Gasteiger partial charge in [0.2, 0.25) is 5.91 Å². The van der Waals surface area contributed by atoms with Crippen molar-refractivity contribution in [2.45, 2.75) is 46.0 Å². The highest BCUT2D eigenvalue weighted by atomic mass is 19.4. The van der Waals surface area contributed by atoms with Crippen molar-refractivity contribution in [1.29, 1.82) is 0 Å². The summed E-state index contributed by atoms with van der Waals surface area (Å²) in [6.45, 7) is 5.03. The molecule has 0 aromatic carbocycles. The van der Waals surface area contributed by atoms with Crippen LogP contribution >= 0.6 is 0 Å². The van der Waals surface area contributed by atoms with Crippen molar-refractivity contribution in [1.82, 2.24) is 4.90 Å². The Balaban J connectivity index is 4.73. The van der Waals surface area contributed by atoms with E-state index in [4.69, 9.17) is 5.73 Å². The third-order valence-electron chi connectivity index (χ3n) is 2.43. The summed E-state index contributed by atoms with van der Waals surface area (Å²) in [5.41, 5.74) is 5.51. The lowest BCUT2D eigenvalue weighted by Gasteiger charge is -2.31. The predicted molar refractivity (Wildman–Crippen MR) is 55.7 cm³/mol. The third-order valence-corrected chi connectivity index (χ3v) is 2.43. The van der Waals surface area contributed by atoms with Gasteiger partial charge in [0.1, 0.15) is 6.54 Å². The van der Waals surface area contributed by atoms with Gasteiger partial charge < -0.3 is 10.6 Å². The molecule has 1 amide bonds. The molecule has 2 N–H and O–H groups in total. The van der Waals surface area contributed by atoms with E-state index in [1.54, 1.807) is 27.7 Å². The zero-order chi connectivity index (χ0) is 13.1. The average Bonchev–Trinajstić information content (AvgIpc) is 2.09. The molecule has 16 heavy (non-hydrogen) atoms. The van der Waals surface area contributed by atoms with Gasteiger partial charge in [-0.15, -0.1) is 0 Å². The number of amides is 1. The number of halogens is 3. The number of alkyl halides is 3. The predicted octanol–water partition coefficient (Wildman–Crippen LogP) is 1.77. The first-order valence-electron chi connectivity index (χ1n) is 5.19. The van der Waals surface area contributed by atoms with Crippen LogP contribution in [0.5, 0.6) is 0 Å². The van der Waals surface area contributed by atoms with E-state index in [1.807, 2.05) is 0 Å². The fourth-order valence-electron chi connectivity index (χ4n) is 1.19. The summed E-state index contributed by atoms with van der Waals surface area (Å²) in [6.07, 6.45) is -4.38. The summed E-state index contributed by atoms with van der Waals surface area (Å²) < 4.78 is 36.8. The Kier molecular flexibility index (Phi) is 5.25. The lowest BCUT2D eigenvalue weighted by Crippen LogP contribution is -2.48. The first-order valence-corrected chi connectivity index (χ1v) is 5.19. The van der Waals surface area contributed by atoms with Crippen molar-refractivity contribution in [3.63, 3.8) is 0 Å². The molecule has 0 heterocycles. The van der Waals surface area contributed by atoms with Gasteiger partial charge in [-0.25, -0.2) is 0 Å². The van der Waals surface area contributed by atoms with Gasteiger partial charge in [0.05, 0.1) is 5.92 Å². The molecule has 0 aliphatic heterocycles. The van der Waals surface area contributed by atoms with E-state index in [9.17, 15) is 18.0 Å². The highest BCUT2D eigenvalue weighted by Gasteiger charge is 2.36. The van der Waals surface area contributed by atoms with Crippen LogP contribution in [-0.4, -0.2) is 35.6 Å². The molecule has 0 rings (SSSR count). The van der Waals surface area contributed by atoms with E-state index >= 15 is 0 Å². The molecule has 0 spiro atoms. The van der Waals surface area contributed by atoms with Crippen LogP contribution in [0.3, 0.4) is 0 Å². The second-order valence-electron chi connectivity index (χ2n) is 4.32. The number of hydrogen-bond acceptors (Lipinski definition) is 2. The summed E-state index contributed by atoms with van der Waals surface area (Å²) in [4.78, 5) is 12.6. The number of nitrogens with two attached hydrogens (primary N) is 1. The van der Waals surface area contributed by atoms with Crippen molar-refractivity contribution in [2.75, 3.05) is 6.54 Å². The molecule has 0 aromatic heterocycles. The molecule has 96 valence electrons. The van der Waals surface area contributed by atoms with Gasteiger partial charge in [-0.1, -0.05) is 6.92 Å². The van der Waals surface area contributed by atoms with Crippen molar-refractivity contribution in [2.24, 2.45) is 11.7 Å². The number of nitrogens with zero attached hydrogens (tertiary/aromatic N) is 1. The Labute approximate surface area is 93.8 Å². The number of hydrogen-bond donors (Lipinski definition) is 1. The maximum Gasteiger partial charge on any atom is 0.406 e. The van der Waals surface area contributed by atoms with Gasteiger partial charge in [0, 0.05) is 12.1 Å². The summed E-state index contributed by atoms with van der Waals surface area (Å²) in [5.74, 6) is -1.16. The Morgan fingerprint density at radius 3 is 1.94 bits per heavy atom. The van der Waals surface area contributed by atoms with E-state index in [2.05, 4.69) is 0 Å². The number of carbonyl (C=O) groups excluding carboxylic acids is 1. The minimum Gasteiger partial charge on any atom is -0.331 e. The van der Waals surface area contributed by atoms with E-state index in [0.717, 1.165) is 4.90 Å². The molecule has 6 heteroatoms. The molecular formula is C10H19F3N2O. The Bertz CT molecular complexity index is 239. The highest BCUT2D eigenvalue weighted by Crippen LogP contribution is 2.20. The SMILES string of the molecule is CC(N)C(C)C(=O)N(CC(F)(F)F)C(C)C. The van der Waals surface area contributed by atoms with Crippen LogP contribution in [0.4, 0.5) is 13.2 Å². The van der Waals surface area contributed by atoms with E-state index < -0.39 is 36.6 Å². The zero-order valence-electron chi connectivity index (χ0n) is 10.0. The van der Waals surface area contributed by atoms with Gasteiger partial charge in [0.15, 0.2) is 0 Å². The second-order valence-corrected chi connectivity index (χ2v) is 4.32. The van der Waals surface area contributed by atoms with E-state index in [-0.39, 0.29) is 0 Å². The molecule has 0 saturated heterocycles. The third kappa shape index (κ3) is 4.83. The molecule has 0 fully saturated rings. The second kappa shape index (κ2) is 5.52. The molecule has 2 atom stereocenters. The van der Waals surface area contributed by atoms with Crippen LogP contribution in [-0.2, 0) is 4.79 Å². The van der Waals surface area contributed by atoms with E-state index in [1.165, 1.54) is 0 Å². The quantitative estimate of drug-likeness (QED) is 0.814. The monoisotopic (exact) mass is 240 g/mol. The van der Waals surface area contributed by atoms with Crippen LogP contribution in [0.1, 0.15) is 27.7 Å². The molecule has 0 saturated carbocycles. The molecule has 0 aromatic rings. The molecule has 0 bridgehead atoms. The minimum absolute atomic E-state index is 0.456. The van der Waals surface area contributed by atoms with Crippen LogP contribution < -0.4 is 5.73 Å². The maximum absolute atomic E-state index is 12.3. The smallest absolute Gasteiger partial charge is 0.331 e. The van der Waals surface area contributed by atoms with Crippen molar-refractivity contribution in [3.05, 3.63) is 0 Å².